The van der Waals surface area contributed by atoms with E-state index in [0.717, 1.165) is 19.3 Å². The lowest BCUT2D eigenvalue weighted by Crippen LogP contribution is -1.96. The van der Waals surface area contributed by atoms with Crippen LogP contribution in [0.4, 0.5) is 0 Å². The summed E-state index contributed by atoms with van der Waals surface area (Å²) in [5.74, 6) is 0. The van der Waals surface area contributed by atoms with Crippen LogP contribution in [0.5, 0.6) is 0 Å². The van der Waals surface area contributed by atoms with Crippen LogP contribution in [0.1, 0.15) is 58.3 Å². The molecule has 0 heterocycles. The van der Waals surface area contributed by atoms with Crippen LogP contribution in [0.3, 0.4) is 0 Å². The zero-order chi connectivity index (χ0) is 14.8. The molecule has 116 valence electrons. The predicted molar refractivity (Wildman–Crippen MR) is 78.2 cm³/mol. The molecule has 0 saturated heterocycles. The van der Waals surface area contributed by atoms with E-state index in [0.29, 0.717) is 6.42 Å². The van der Waals surface area contributed by atoms with Gasteiger partial charge in [-0.1, -0.05) is 51.9 Å². The average molecular weight is 334 g/mol. The number of hydrogen-bond acceptors (Lipinski definition) is 4. The van der Waals surface area contributed by atoms with E-state index in [9.17, 15) is 4.57 Å². The molecule has 0 spiro atoms. The first-order chi connectivity index (χ1) is 8.77. The number of hydrogen-bond donors (Lipinski definition) is 3. The lowest BCUT2D eigenvalue weighted by atomic mass is 10.1. The molecule has 0 aromatic rings. The van der Waals surface area contributed by atoms with Crippen molar-refractivity contribution >= 4 is 26.3 Å². The van der Waals surface area contributed by atoms with Crippen molar-refractivity contribution in [1.82, 2.24) is 0 Å². The van der Waals surface area contributed by atoms with Crippen LogP contribution in [0.2, 0.25) is 0 Å². The SMILES string of the molecule is CCCCCCCCCCOP(=O)(O)OP(O)(O)=S. The molecule has 6 nitrogen and oxygen atoms in total. The lowest BCUT2D eigenvalue weighted by molar-refractivity contribution is 0.190. The van der Waals surface area contributed by atoms with Gasteiger partial charge in [0.15, 0.2) is 0 Å². The topological polar surface area (TPSA) is 96.2 Å². The molecule has 0 saturated carbocycles. The number of unbranched alkanes of at least 4 members (excludes halogenated alkanes) is 7. The van der Waals surface area contributed by atoms with E-state index in [4.69, 9.17) is 14.7 Å². The molecule has 0 aromatic heterocycles. The third-order valence-corrected chi connectivity index (χ3v) is 5.25. The molecule has 0 amide bonds. The molecule has 9 heteroatoms. The summed E-state index contributed by atoms with van der Waals surface area (Å²) in [4.78, 5) is 26.6. The van der Waals surface area contributed by atoms with E-state index >= 15 is 0 Å². The lowest BCUT2D eigenvalue weighted by Gasteiger charge is -2.14. The molecule has 0 radical (unpaired) electrons. The van der Waals surface area contributed by atoms with Crippen molar-refractivity contribution in [3.63, 3.8) is 0 Å². The van der Waals surface area contributed by atoms with Crippen LogP contribution in [0.25, 0.3) is 0 Å². The van der Waals surface area contributed by atoms with E-state index in [-0.39, 0.29) is 6.61 Å². The van der Waals surface area contributed by atoms with Gasteiger partial charge < -0.3 is 14.7 Å². The highest BCUT2D eigenvalue weighted by Gasteiger charge is 2.28. The minimum Gasteiger partial charge on any atom is -0.324 e. The molecule has 0 aliphatic rings. The van der Waals surface area contributed by atoms with Gasteiger partial charge in [-0.3, -0.25) is 4.52 Å². The molecule has 19 heavy (non-hydrogen) atoms. The summed E-state index contributed by atoms with van der Waals surface area (Å²) in [6.07, 6.45) is 8.70. The minimum absolute atomic E-state index is 0.0398. The number of rotatable bonds is 12. The predicted octanol–water partition coefficient (Wildman–Crippen LogP) is 3.47. The molecule has 0 fully saturated rings. The van der Waals surface area contributed by atoms with Gasteiger partial charge in [-0.25, -0.2) is 8.88 Å². The summed E-state index contributed by atoms with van der Waals surface area (Å²) in [6, 6.07) is 0. The van der Waals surface area contributed by atoms with Crippen LogP contribution in [0.15, 0.2) is 0 Å². The molecule has 0 aliphatic heterocycles. The fourth-order valence-electron chi connectivity index (χ4n) is 1.57. The maximum atomic E-state index is 11.2. The second kappa shape index (κ2) is 10.4. The van der Waals surface area contributed by atoms with Crippen molar-refractivity contribution in [3.8, 4) is 0 Å². The Morgan fingerprint density at radius 1 is 0.947 bits per heavy atom. The maximum Gasteiger partial charge on any atom is 0.479 e. The summed E-state index contributed by atoms with van der Waals surface area (Å²) in [5, 5.41) is 0. The van der Waals surface area contributed by atoms with E-state index in [1.165, 1.54) is 25.7 Å². The Bertz CT molecular complexity index is 319. The summed E-state index contributed by atoms with van der Waals surface area (Å²) in [5.41, 5.74) is 0. The fraction of sp³-hybridized carbons (Fsp3) is 1.00. The van der Waals surface area contributed by atoms with E-state index in [1.807, 2.05) is 0 Å². The highest BCUT2D eigenvalue weighted by Crippen LogP contribution is 2.57. The average Bonchev–Trinajstić information content (AvgIpc) is 2.23. The molecule has 0 aromatic carbocycles. The Kier molecular flexibility index (Phi) is 10.8. The van der Waals surface area contributed by atoms with Gasteiger partial charge in [0.05, 0.1) is 6.61 Å². The van der Waals surface area contributed by atoms with Crippen LogP contribution in [-0.2, 0) is 25.2 Å². The quantitative estimate of drug-likeness (QED) is 0.371. The number of phosphoric ester groups is 1. The van der Waals surface area contributed by atoms with Gasteiger partial charge in [-0.2, -0.15) is 0 Å². The zero-order valence-corrected chi connectivity index (χ0v) is 13.8. The zero-order valence-electron chi connectivity index (χ0n) is 11.2. The standard InChI is InChI=1S/C10H24O6P2S/c1-2-3-4-5-6-7-8-9-10-15-17(11,12)16-18(13,14)19/h2-10H2,1H3,(H,11,12)(H2,13,14,19). The Morgan fingerprint density at radius 2 is 1.42 bits per heavy atom. The van der Waals surface area contributed by atoms with Crippen LogP contribution in [-0.4, -0.2) is 21.3 Å². The fourth-order valence-corrected chi connectivity index (χ4v) is 3.96. The second-order valence-electron chi connectivity index (χ2n) is 4.35. The van der Waals surface area contributed by atoms with Crippen molar-refractivity contribution < 1.29 is 28.1 Å². The first-order valence-electron chi connectivity index (χ1n) is 6.51. The molecular formula is C10H24O6P2S. The molecule has 0 aliphatic carbocycles. The Hall–Kier alpha value is 0.680. The molecule has 1 unspecified atom stereocenters. The normalized spacial score (nSPS) is 15.4. The summed E-state index contributed by atoms with van der Waals surface area (Å²) >= 11 is 4.09. The minimum atomic E-state index is -4.44. The van der Waals surface area contributed by atoms with Gasteiger partial charge in [0, 0.05) is 0 Å². The molecule has 0 bridgehead atoms. The van der Waals surface area contributed by atoms with Crippen LogP contribution in [0, 0.1) is 0 Å². The van der Waals surface area contributed by atoms with Gasteiger partial charge in [0.2, 0.25) is 0 Å². The van der Waals surface area contributed by atoms with Gasteiger partial charge in [0.25, 0.3) is 0 Å². The smallest absolute Gasteiger partial charge is 0.324 e. The highest BCUT2D eigenvalue weighted by atomic mass is 32.5. The molecule has 1 atom stereocenters. The number of phosphoric acid groups is 1. The molecule has 0 rings (SSSR count). The van der Waals surface area contributed by atoms with Crippen molar-refractivity contribution in [2.24, 2.45) is 0 Å². The first kappa shape index (κ1) is 19.7. The van der Waals surface area contributed by atoms with E-state index < -0.39 is 14.5 Å². The summed E-state index contributed by atoms with van der Waals surface area (Å²) < 4.78 is 19.8. The highest BCUT2D eigenvalue weighted by molar-refractivity contribution is 8.08. The van der Waals surface area contributed by atoms with Crippen molar-refractivity contribution in [3.05, 3.63) is 0 Å². The van der Waals surface area contributed by atoms with Gasteiger partial charge in [-0.15, -0.1) is 0 Å². The maximum absolute atomic E-state index is 11.2. The van der Waals surface area contributed by atoms with E-state index in [1.54, 1.807) is 0 Å². The first-order valence-corrected chi connectivity index (χ1v) is 10.6. The van der Waals surface area contributed by atoms with Crippen molar-refractivity contribution in [1.29, 1.82) is 0 Å². The van der Waals surface area contributed by atoms with Crippen LogP contribution >= 0.6 is 14.5 Å². The second-order valence-corrected chi connectivity index (χ2v) is 8.61. The Morgan fingerprint density at radius 3 is 1.89 bits per heavy atom. The van der Waals surface area contributed by atoms with Gasteiger partial charge in [0.1, 0.15) is 0 Å². The third kappa shape index (κ3) is 14.9. The molecular weight excluding hydrogens is 310 g/mol. The Balaban J connectivity index is 3.48. The molecule has 3 N–H and O–H groups in total. The third-order valence-electron chi connectivity index (χ3n) is 2.46. The summed E-state index contributed by atoms with van der Waals surface area (Å²) in [6.45, 7) is -1.96. The van der Waals surface area contributed by atoms with Gasteiger partial charge in [-0.05, 0) is 18.2 Å². The largest absolute Gasteiger partial charge is 0.479 e. The van der Waals surface area contributed by atoms with E-state index in [2.05, 4.69) is 27.6 Å². The Labute approximate surface area is 120 Å². The van der Waals surface area contributed by atoms with Crippen molar-refractivity contribution in [2.75, 3.05) is 6.61 Å². The van der Waals surface area contributed by atoms with Crippen molar-refractivity contribution in [2.45, 2.75) is 58.3 Å². The van der Waals surface area contributed by atoms with Gasteiger partial charge >= 0.3 is 14.5 Å². The monoisotopic (exact) mass is 334 g/mol. The summed E-state index contributed by atoms with van der Waals surface area (Å²) in [7, 11) is -4.44. The van der Waals surface area contributed by atoms with Crippen LogP contribution < -0.4 is 0 Å².